The van der Waals surface area contributed by atoms with Gasteiger partial charge in [-0.3, -0.25) is 0 Å². The van der Waals surface area contributed by atoms with E-state index in [0.29, 0.717) is 10.6 Å². The highest BCUT2D eigenvalue weighted by Gasteiger charge is 2.10. The van der Waals surface area contributed by atoms with E-state index in [9.17, 15) is 4.39 Å². The lowest BCUT2D eigenvalue weighted by atomic mass is 10.2. The first-order valence-corrected chi connectivity index (χ1v) is 5.46. The van der Waals surface area contributed by atoms with Gasteiger partial charge in [-0.25, -0.2) is 14.2 Å². The minimum absolute atomic E-state index is 0.291. The molecule has 0 unspecified atom stereocenters. The molecule has 0 saturated heterocycles. The quantitative estimate of drug-likeness (QED) is 0.476. The highest BCUT2D eigenvalue weighted by Crippen LogP contribution is 2.23. The predicted octanol–water partition coefficient (Wildman–Crippen LogP) is 2.07. The summed E-state index contributed by atoms with van der Waals surface area (Å²) < 4.78 is 15.2. The van der Waals surface area contributed by atoms with Crippen molar-refractivity contribution in [3.63, 3.8) is 0 Å². The average molecular weight is 336 g/mol. The van der Waals surface area contributed by atoms with Gasteiger partial charge in [-0.2, -0.15) is 5.10 Å². The van der Waals surface area contributed by atoms with E-state index in [0.717, 1.165) is 9.13 Å². The number of benzene rings is 1. The number of rotatable bonds is 1. The summed E-state index contributed by atoms with van der Waals surface area (Å²) in [6.07, 6.45) is 0. The van der Waals surface area contributed by atoms with E-state index in [2.05, 4.69) is 10.2 Å². The van der Waals surface area contributed by atoms with E-state index in [-0.39, 0.29) is 5.82 Å². The van der Waals surface area contributed by atoms with Crippen LogP contribution in [0.2, 0.25) is 0 Å². The van der Waals surface area contributed by atoms with Crippen LogP contribution in [0.25, 0.3) is 11.4 Å². The van der Waals surface area contributed by atoms with Crippen LogP contribution >= 0.6 is 34.8 Å². The second-order valence-corrected chi connectivity index (χ2v) is 4.40. The summed E-state index contributed by atoms with van der Waals surface area (Å²) in [5.41, 5.74) is 0.742. The van der Waals surface area contributed by atoms with Crippen molar-refractivity contribution in [1.29, 1.82) is 0 Å². The van der Waals surface area contributed by atoms with Crippen LogP contribution in [0.4, 0.5) is 4.39 Å². The van der Waals surface area contributed by atoms with Gasteiger partial charge < -0.3 is 5.84 Å². The molecule has 0 bridgehead atoms. The van der Waals surface area contributed by atoms with Crippen molar-refractivity contribution >= 4 is 34.8 Å². The van der Waals surface area contributed by atoms with E-state index < -0.39 is 0 Å². The third kappa shape index (κ3) is 1.88. The van der Waals surface area contributed by atoms with Crippen LogP contribution < -0.4 is 5.84 Å². The molecule has 15 heavy (non-hydrogen) atoms. The monoisotopic (exact) mass is 336 g/mol. The van der Waals surface area contributed by atoms with Crippen LogP contribution in [0.1, 0.15) is 0 Å². The third-order valence-corrected chi connectivity index (χ3v) is 3.06. The van der Waals surface area contributed by atoms with E-state index in [4.69, 9.17) is 18.1 Å². The van der Waals surface area contributed by atoms with E-state index in [1.807, 2.05) is 22.6 Å². The Morgan fingerprint density at radius 3 is 2.80 bits per heavy atom. The first-order valence-electron chi connectivity index (χ1n) is 3.97. The molecular weight excluding hydrogens is 330 g/mol. The standard InChI is InChI=1S/C8H6FIN4S/c9-4-1-2-5(6(10)3-4)7-12-13-8(15)14(7)11/h1-3H,11H2,(H,13,15). The smallest absolute Gasteiger partial charge is 0.214 e. The van der Waals surface area contributed by atoms with Gasteiger partial charge in [0.25, 0.3) is 0 Å². The summed E-state index contributed by atoms with van der Waals surface area (Å²) >= 11 is 6.91. The Morgan fingerprint density at radius 2 is 2.27 bits per heavy atom. The Morgan fingerprint density at radius 1 is 1.53 bits per heavy atom. The maximum Gasteiger partial charge on any atom is 0.214 e. The van der Waals surface area contributed by atoms with Crippen LogP contribution in [0.15, 0.2) is 18.2 Å². The zero-order valence-corrected chi connectivity index (χ0v) is 10.3. The lowest BCUT2D eigenvalue weighted by molar-refractivity contribution is 0.627. The number of nitrogens with zero attached hydrogens (tertiary/aromatic N) is 2. The van der Waals surface area contributed by atoms with Crippen LogP contribution in [0, 0.1) is 14.2 Å². The zero-order chi connectivity index (χ0) is 11.0. The van der Waals surface area contributed by atoms with Gasteiger partial charge in [0.05, 0.1) is 0 Å². The molecule has 3 N–H and O–H groups in total. The van der Waals surface area contributed by atoms with Crippen LogP contribution in [-0.2, 0) is 0 Å². The van der Waals surface area contributed by atoms with E-state index >= 15 is 0 Å². The first-order chi connectivity index (χ1) is 7.09. The second-order valence-electron chi connectivity index (χ2n) is 2.85. The Kier molecular flexibility index (Phi) is 2.74. The molecule has 4 nitrogen and oxygen atoms in total. The fraction of sp³-hybridized carbons (Fsp3) is 0. The van der Waals surface area contributed by atoms with Gasteiger partial charge in [0.2, 0.25) is 4.77 Å². The van der Waals surface area contributed by atoms with Crippen molar-refractivity contribution in [2.75, 3.05) is 5.84 Å². The number of hydrogen-bond donors (Lipinski definition) is 2. The molecule has 0 saturated carbocycles. The molecule has 0 radical (unpaired) electrons. The summed E-state index contributed by atoms with van der Waals surface area (Å²) in [4.78, 5) is 0. The van der Waals surface area contributed by atoms with Gasteiger partial charge in [-0.15, -0.1) is 0 Å². The molecule has 0 aliphatic carbocycles. The highest BCUT2D eigenvalue weighted by atomic mass is 127. The molecule has 0 aliphatic rings. The van der Waals surface area contributed by atoms with Crippen molar-refractivity contribution in [3.05, 3.63) is 32.4 Å². The molecule has 0 amide bonds. The Bertz CT molecular complexity index is 562. The summed E-state index contributed by atoms with van der Waals surface area (Å²) in [5.74, 6) is 5.86. The van der Waals surface area contributed by atoms with Crippen molar-refractivity contribution < 1.29 is 4.39 Å². The molecule has 1 aromatic heterocycles. The number of aromatic nitrogens is 3. The molecule has 0 aliphatic heterocycles. The van der Waals surface area contributed by atoms with Gasteiger partial charge in [-0.1, -0.05) is 0 Å². The SMILES string of the molecule is Nn1c(-c2ccc(F)cc2I)n[nH]c1=S. The summed E-state index contributed by atoms with van der Waals surface area (Å²) in [6.45, 7) is 0. The van der Waals surface area contributed by atoms with Crippen LogP contribution in [0.3, 0.4) is 0 Å². The normalized spacial score (nSPS) is 10.5. The molecule has 0 atom stereocenters. The summed E-state index contributed by atoms with van der Waals surface area (Å²) in [6, 6.07) is 4.38. The number of nitrogen functional groups attached to an aromatic ring is 1. The molecule has 2 rings (SSSR count). The number of H-pyrrole nitrogens is 1. The second kappa shape index (κ2) is 3.89. The fourth-order valence-electron chi connectivity index (χ4n) is 1.17. The maximum atomic E-state index is 12.9. The van der Waals surface area contributed by atoms with Gasteiger partial charge in [-0.05, 0) is 53.0 Å². The van der Waals surface area contributed by atoms with Gasteiger partial charge in [0.1, 0.15) is 5.82 Å². The van der Waals surface area contributed by atoms with E-state index in [1.165, 1.54) is 16.8 Å². The topological polar surface area (TPSA) is 59.6 Å². The average Bonchev–Trinajstić information content (AvgIpc) is 2.49. The van der Waals surface area contributed by atoms with Gasteiger partial charge in [0, 0.05) is 9.13 Å². The van der Waals surface area contributed by atoms with Crippen molar-refractivity contribution in [1.82, 2.24) is 14.9 Å². The lowest BCUT2D eigenvalue weighted by Crippen LogP contribution is -2.10. The summed E-state index contributed by atoms with van der Waals surface area (Å²) in [5, 5.41) is 6.54. The molecular formula is C8H6FIN4S. The molecule has 2 aromatic rings. The number of aromatic amines is 1. The fourth-order valence-corrected chi connectivity index (χ4v) is 2.02. The van der Waals surface area contributed by atoms with Gasteiger partial charge in [0.15, 0.2) is 5.82 Å². The van der Waals surface area contributed by atoms with Crippen molar-refractivity contribution in [2.45, 2.75) is 0 Å². The van der Waals surface area contributed by atoms with Crippen molar-refractivity contribution in [2.24, 2.45) is 0 Å². The Labute approximate surface area is 103 Å². The number of hydrogen-bond acceptors (Lipinski definition) is 3. The highest BCUT2D eigenvalue weighted by molar-refractivity contribution is 14.1. The predicted molar refractivity (Wildman–Crippen MR) is 65.7 cm³/mol. The summed E-state index contributed by atoms with van der Waals surface area (Å²) in [7, 11) is 0. The lowest BCUT2D eigenvalue weighted by Gasteiger charge is -2.02. The van der Waals surface area contributed by atoms with E-state index in [1.54, 1.807) is 6.07 Å². The number of nitrogens with one attached hydrogen (secondary N) is 1. The van der Waals surface area contributed by atoms with Crippen LogP contribution in [-0.4, -0.2) is 14.9 Å². The minimum Gasteiger partial charge on any atom is -0.335 e. The Hall–Kier alpha value is -0.960. The number of halogens is 2. The molecule has 1 heterocycles. The molecule has 1 aromatic carbocycles. The van der Waals surface area contributed by atoms with Crippen LogP contribution in [0.5, 0.6) is 0 Å². The van der Waals surface area contributed by atoms with Gasteiger partial charge >= 0.3 is 0 Å². The molecule has 7 heteroatoms. The largest absolute Gasteiger partial charge is 0.335 e. The molecule has 0 spiro atoms. The molecule has 0 fully saturated rings. The zero-order valence-electron chi connectivity index (χ0n) is 7.37. The maximum absolute atomic E-state index is 12.9. The minimum atomic E-state index is -0.291. The molecule has 78 valence electrons. The Balaban J connectivity index is 2.64. The third-order valence-electron chi connectivity index (χ3n) is 1.88. The first kappa shape index (κ1) is 10.6. The van der Waals surface area contributed by atoms with Crippen molar-refractivity contribution in [3.8, 4) is 11.4 Å². The number of nitrogens with two attached hydrogens (primary N) is 1.